The van der Waals surface area contributed by atoms with Gasteiger partial charge >= 0.3 is 0 Å². The number of hydrogen-bond acceptors (Lipinski definition) is 6. The van der Waals surface area contributed by atoms with Crippen LogP contribution in [0.2, 0.25) is 0 Å². The maximum absolute atomic E-state index is 4.92. The molecule has 3 N–H and O–H groups in total. The van der Waals surface area contributed by atoms with E-state index in [0.717, 1.165) is 69.5 Å². The number of pyridine rings is 3. The molecule has 8 heteroatoms. The van der Waals surface area contributed by atoms with Gasteiger partial charge in [0.25, 0.3) is 0 Å². The topological polar surface area (TPSA) is 108 Å². The van der Waals surface area contributed by atoms with Crippen molar-refractivity contribution in [1.82, 2.24) is 40.4 Å². The van der Waals surface area contributed by atoms with Crippen molar-refractivity contribution in [2.75, 3.05) is 6.54 Å². The van der Waals surface area contributed by atoms with Gasteiger partial charge in [-0.15, -0.1) is 0 Å². The van der Waals surface area contributed by atoms with Gasteiger partial charge in [0.15, 0.2) is 11.5 Å². The number of fused-ring (bicyclic) bond motifs is 2. The highest BCUT2D eigenvalue weighted by Crippen LogP contribution is 2.31. The van der Waals surface area contributed by atoms with E-state index in [-0.39, 0.29) is 0 Å². The number of nitrogens with zero attached hydrogens (tertiary/aromatic N) is 5. The lowest BCUT2D eigenvalue weighted by Gasteiger charge is -2.05. The molecule has 0 amide bonds. The molecule has 0 aliphatic heterocycles. The van der Waals surface area contributed by atoms with Gasteiger partial charge in [0.1, 0.15) is 5.52 Å². The van der Waals surface area contributed by atoms with Crippen LogP contribution in [0.1, 0.15) is 24.5 Å². The molecular weight excluding hydrogens is 412 g/mol. The molecule has 33 heavy (non-hydrogen) atoms. The first-order valence-corrected chi connectivity index (χ1v) is 11.0. The van der Waals surface area contributed by atoms with Crippen LogP contribution in [0.5, 0.6) is 0 Å². The Labute approximate surface area is 189 Å². The predicted octanol–water partition coefficient (Wildman–Crippen LogP) is 4.41. The summed E-state index contributed by atoms with van der Waals surface area (Å²) in [6.07, 6.45) is 14.7. The second-order valence-electron chi connectivity index (χ2n) is 7.99. The van der Waals surface area contributed by atoms with Crippen LogP contribution in [0.15, 0.2) is 61.2 Å². The highest BCUT2D eigenvalue weighted by atomic mass is 15.1. The van der Waals surface area contributed by atoms with Crippen molar-refractivity contribution in [2.45, 2.75) is 19.9 Å². The second-order valence-corrected chi connectivity index (χ2v) is 7.99. The molecule has 0 saturated heterocycles. The van der Waals surface area contributed by atoms with E-state index < -0.39 is 0 Å². The predicted molar refractivity (Wildman–Crippen MR) is 129 cm³/mol. The van der Waals surface area contributed by atoms with Crippen LogP contribution in [0, 0.1) is 0 Å². The van der Waals surface area contributed by atoms with Crippen molar-refractivity contribution >= 4 is 27.6 Å². The van der Waals surface area contributed by atoms with Gasteiger partial charge in [-0.05, 0) is 42.3 Å². The molecule has 0 spiro atoms. The molecule has 8 nitrogen and oxygen atoms in total. The van der Waals surface area contributed by atoms with Gasteiger partial charge in [-0.3, -0.25) is 15.1 Å². The lowest BCUT2D eigenvalue weighted by Crippen LogP contribution is -2.11. The number of hydrogen-bond donors (Lipinski definition) is 3. The number of H-pyrrole nitrogens is 2. The van der Waals surface area contributed by atoms with E-state index in [0.29, 0.717) is 11.5 Å². The van der Waals surface area contributed by atoms with Gasteiger partial charge in [0.2, 0.25) is 0 Å². The monoisotopic (exact) mass is 434 g/mol. The fraction of sp³-hybridized carbons (Fsp3) is 0.160. The van der Waals surface area contributed by atoms with E-state index in [9.17, 15) is 0 Å². The number of aromatic amines is 2. The Bertz CT molecular complexity index is 1540. The van der Waals surface area contributed by atoms with Gasteiger partial charge < -0.3 is 10.3 Å². The van der Waals surface area contributed by atoms with Crippen molar-refractivity contribution in [2.24, 2.45) is 0 Å². The van der Waals surface area contributed by atoms with E-state index >= 15 is 0 Å². The molecule has 5 aromatic rings. The summed E-state index contributed by atoms with van der Waals surface area (Å²) in [5.41, 5.74) is 9.14. The first-order valence-electron chi connectivity index (χ1n) is 11.0. The van der Waals surface area contributed by atoms with Crippen LogP contribution in [-0.2, 0) is 6.54 Å². The van der Waals surface area contributed by atoms with Crippen molar-refractivity contribution in [3.05, 3.63) is 72.3 Å². The normalized spacial score (nSPS) is 13.3. The highest BCUT2D eigenvalue weighted by Gasteiger charge is 2.17. The molecule has 5 heterocycles. The molecule has 0 radical (unpaired) electrons. The van der Waals surface area contributed by atoms with Crippen molar-refractivity contribution < 1.29 is 0 Å². The number of rotatable bonds is 6. The third-order valence-corrected chi connectivity index (χ3v) is 5.78. The van der Waals surface area contributed by atoms with Crippen LogP contribution in [-0.4, -0.2) is 41.7 Å². The average Bonchev–Trinajstić information content (AvgIpc) is 3.61. The average molecular weight is 435 g/mol. The van der Waals surface area contributed by atoms with Crippen molar-refractivity contribution in [3.63, 3.8) is 0 Å². The third-order valence-electron chi connectivity index (χ3n) is 5.78. The van der Waals surface area contributed by atoms with Gasteiger partial charge in [0, 0.05) is 36.3 Å². The zero-order valence-electron chi connectivity index (χ0n) is 18.1. The maximum Gasteiger partial charge on any atom is 0.161 e. The lowest BCUT2D eigenvalue weighted by molar-refractivity contribution is 0.724. The van der Waals surface area contributed by atoms with Crippen LogP contribution in [0.3, 0.4) is 0 Å². The molecule has 6 rings (SSSR count). The first kappa shape index (κ1) is 19.5. The molecule has 162 valence electrons. The molecule has 0 aromatic carbocycles. The summed E-state index contributed by atoms with van der Waals surface area (Å²) in [6, 6.07) is 6.10. The number of imidazole rings is 1. The Kier molecular flexibility index (Phi) is 4.77. The molecule has 0 atom stereocenters. The lowest BCUT2D eigenvalue weighted by atomic mass is 10.1. The summed E-state index contributed by atoms with van der Waals surface area (Å²) >= 11 is 0. The van der Waals surface area contributed by atoms with E-state index in [1.165, 1.54) is 0 Å². The Balaban J connectivity index is 1.43. The number of aromatic nitrogens is 7. The fourth-order valence-electron chi connectivity index (χ4n) is 4.13. The van der Waals surface area contributed by atoms with Gasteiger partial charge in [-0.1, -0.05) is 25.2 Å². The summed E-state index contributed by atoms with van der Waals surface area (Å²) in [4.78, 5) is 22.0. The molecule has 0 unspecified atom stereocenters. The van der Waals surface area contributed by atoms with Gasteiger partial charge in [-0.2, -0.15) is 5.10 Å². The zero-order chi connectivity index (χ0) is 22.2. The van der Waals surface area contributed by atoms with Crippen LogP contribution >= 0.6 is 0 Å². The Hall–Kier alpha value is -4.17. The summed E-state index contributed by atoms with van der Waals surface area (Å²) < 4.78 is 0. The SMILES string of the molecule is CCNCc1cncc(-c2ccc3[nH]nc(-c4nc5c(C6=CCC=C6)cncc5[nH]4)c3n2)c1. The Morgan fingerprint density at radius 1 is 1.00 bits per heavy atom. The van der Waals surface area contributed by atoms with Crippen molar-refractivity contribution in [3.8, 4) is 22.8 Å². The quantitative estimate of drug-likeness (QED) is 0.365. The fourth-order valence-corrected chi connectivity index (χ4v) is 4.13. The largest absolute Gasteiger partial charge is 0.335 e. The minimum atomic E-state index is 0.664. The van der Waals surface area contributed by atoms with Gasteiger partial charge in [-0.25, -0.2) is 9.97 Å². The summed E-state index contributed by atoms with van der Waals surface area (Å²) in [6.45, 7) is 3.78. The number of nitrogens with one attached hydrogen (secondary N) is 3. The maximum atomic E-state index is 4.92. The van der Waals surface area contributed by atoms with Crippen LogP contribution in [0.25, 0.3) is 50.4 Å². The highest BCUT2D eigenvalue weighted by molar-refractivity contribution is 5.96. The molecule has 0 bridgehead atoms. The van der Waals surface area contributed by atoms with E-state index in [2.05, 4.69) is 61.7 Å². The molecule has 5 aromatic heterocycles. The minimum absolute atomic E-state index is 0.664. The molecular formula is C25H22N8. The smallest absolute Gasteiger partial charge is 0.161 e. The summed E-state index contributed by atoms with van der Waals surface area (Å²) in [5, 5.41) is 10.9. The summed E-state index contributed by atoms with van der Waals surface area (Å²) in [5.74, 6) is 0.664. The van der Waals surface area contributed by atoms with E-state index in [1.54, 1.807) is 6.20 Å². The van der Waals surface area contributed by atoms with Crippen molar-refractivity contribution in [1.29, 1.82) is 0 Å². The molecule has 0 fully saturated rings. The number of allylic oxidation sites excluding steroid dienone is 4. The molecule has 1 aliphatic carbocycles. The first-order chi connectivity index (χ1) is 16.3. The molecule has 1 aliphatic rings. The van der Waals surface area contributed by atoms with Crippen LogP contribution < -0.4 is 5.32 Å². The second kappa shape index (κ2) is 8.07. The van der Waals surface area contributed by atoms with E-state index in [1.807, 2.05) is 30.7 Å². The van der Waals surface area contributed by atoms with E-state index in [4.69, 9.17) is 9.97 Å². The Morgan fingerprint density at radius 2 is 1.94 bits per heavy atom. The van der Waals surface area contributed by atoms with Gasteiger partial charge in [0.05, 0.1) is 28.4 Å². The minimum Gasteiger partial charge on any atom is -0.335 e. The van der Waals surface area contributed by atoms with Crippen LogP contribution in [0.4, 0.5) is 0 Å². The molecule has 0 saturated carbocycles. The standard InChI is InChI=1S/C25H22N8/c1-2-26-10-15-9-17(12-27-11-15)19-7-8-20-23(29-19)24(33-32-20)25-30-21-14-28-13-18(22(21)31-25)16-5-3-4-6-16/h3,5-9,11-14,26H,2,4,10H2,1H3,(H,30,31)(H,32,33). The zero-order valence-corrected chi connectivity index (χ0v) is 18.1. The Morgan fingerprint density at radius 3 is 2.82 bits per heavy atom. The third kappa shape index (κ3) is 3.50. The summed E-state index contributed by atoms with van der Waals surface area (Å²) in [7, 11) is 0.